The van der Waals surface area contributed by atoms with Crippen molar-refractivity contribution in [3.63, 3.8) is 0 Å². The molecular formula is C21H24N2O2S. The van der Waals surface area contributed by atoms with Crippen molar-refractivity contribution in [2.24, 2.45) is 0 Å². The normalized spacial score (nSPS) is 16.4. The second kappa shape index (κ2) is 7.23. The summed E-state index contributed by atoms with van der Waals surface area (Å²) in [7, 11) is 0. The Kier molecular flexibility index (Phi) is 4.81. The van der Waals surface area contributed by atoms with Crippen molar-refractivity contribution < 1.29 is 9.59 Å². The number of anilines is 1. The minimum Gasteiger partial charge on any atom is -0.339 e. The zero-order valence-electron chi connectivity index (χ0n) is 15.1. The van der Waals surface area contributed by atoms with Gasteiger partial charge in [-0.1, -0.05) is 17.7 Å². The molecule has 2 amide bonds. The van der Waals surface area contributed by atoms with Crippen LogP contribution >= 0.6 is 11.3 Å². The van der Waals surface area contributed by atoms with Crippen LogP contribution in [0.2, 0.25) is 0 Å². The number of thiophene rings is 1. The van der Waals surface area contributed by atoms with Gasteiger partial charge in [0.2, 0.25) is 0 Å². The third-order valence-electron chi connectivity index (χ3n) is 5.32. The van der Waals surface area contributed by atoms with E-state index >= 15 is 0 Å². The number of piperidine rings is 1. The van der Waals surface area contributed by atoms with E-state index in [1.807, 2.05) is 36.1 Å². The van der Waals surface area contributed by atoms with Gasteiger partial charge in [0.25, 0.3) is 11.8 Å². The standard InChI is InChI=1S/C21H24N2O2S/c1-14-8-10-15(11-9-14)19(24)22-20-18(16-6-5-7-17(16)26-20)21(25)23-12-3-2-4-13-23/h8-11H,2-7,12-13H2,1H3,(H,22,24). The molecule has 0 unspecified atom stereocenters. The number of fused-ring (bicyclic) bond motifs is 1. The van der Waals surface area contributed by atoms with Gasteiger partial charge in [0, 0.05) is 23.5 Å². The minimum absolute atomic E-state index is 0.100. The molecule has 1 aromatic carbocycles. The first-order valence-electron chi connectivity index (χ1n) is 9.45. The molecule has 1 aliphatic heterocycles. The Morgan fingerprint density at radius 2 is 1.73 bits per heavy atom. The molecule has 1 fully saturated rings. The Morgan fingerprint density at radius 1 is 1.00 bits per heavy atom. The highest BCUT2D eigenvalue weighted by Crippen LogP contribution is 2.40. The summed E-state index contributed by atoms with van der Waals surface area (Å²) >= 11 is 1.59. The molecule has 0 bridgehead atoms. The molecule has 4 nitrogen and oxygen atoms in total. The van der Waals surface area contributed by atoms with Gasteiger partial charge in [0.15, 0.2) is 0 Å². The molecule has 0 spiro atoms. The van der Waals surface area contributed by atoms with Gasteiger partial charge < -0.3 is 10.2 Å². The fourth-order valence-electron chi connectivity index (χ4n) is 3.85. The van der Waals surface area contributed by atoms with Crippen LogP contribution in [-0.4, -0.2) is 29.8 Å². The Balaban J connectivity index is 1.62. The number of carbonyl (C=O) groups is 2. The van der Waals surface area contributed by atoms with Gasteiger partial charge in [0.05, 0.1) is 5.56 Å². The molecule has 1 aliphatic carbocycles. The fraction of sp³-hybridized carbons (Fsp3) is 0.429. The van der Waals surface area contributed by atoms with Crippen molar-refractivity contribution in [2.45, 2.75) is 45.4 Å². The average molecular weight is 369 g/mol. The van der Waals surface area contributed by atoms with E-state index in [9.17, 15) is 9.59 Å². The third kappa shape index (κ3) is 3.28. The SMILES string of the molecule is Cc1ccc(C(=O)Nc2sc3c(c2C(=O)N2CCCCC2)CCC3)cc1. The lowest BCUT2D eigenvalue weighted by Crippen LogP contribution is -2.36. The van der Waals surface area contributed by atoms with Gasteiger partial charge >= 0.3 is 0 Å². The van der Waals surface area contributed by atoms with Crippen LogP contribution in [0.25, 0.3) is 0 Å². The van der Waals surface area contributed by atoms with Crippen molar-refractivity contribution >= 4 is 28.2 Å². The summed E-state index contributed by atoms with van der Waals surface area (Å²) in [6.45, 7) is 3.66. The van der Waals surface area contributed by atoms with E-state index in [0.29, 0.717) is 5.56 Å². The fourth-order valence-corrected chi connectivity index (χ4v) is 5.13. The molecule has 4 rings (SSSR count). The topological polar surface area (TPSA) is 49.4 Å². The van der Waals surface area contributed by atoms with E-state index in [0.717, 1.165) is 61.3 Å². The first-order valence-corrected chi connectivity index (χ1v) is 10.3. The van der Waals surface area contributed by atoms with Crippen molar-refractivity contribution in [2.75, 3.05) is 18.4 Å². The average Bonchev–Trinajstić information content (AvgIpc) is 3.23. The molecule has 1 saturated heterocycles. The quantitative estimate of drug-likeness (QED) is 0.872. The zero-order chi connectivity index (χ0) is 18.1. The number of nitrogens with zero attached hydrogens (tertiary/aromatic N) is 1. The number of benzene rings is 1. The van der Waals surface area contributed by atoms with Crippen molar-refractivity contribution in [3.8, 4) is 0 Å². The Hall–Kier alpha value is -2.14. The van der Waals surface area contributed by atoms with E-state index in [1.54, 1.807) is 11.3 Å². The summed E-state index contributed by atoms with van der Waals surface area (Å²) in [5, 5.41) is 3.76. The maximum Gasteiger partial charge on any atom is 0.257 e. The number of aryl methyl sites for hydroxylation is 2. The molecule has 2 aliphatic rings. The molecule has 1 N–H and O–H groups in total. The lowest BCUT2D eigenvalue weighted by atomic mass is 10.1. The lowest BCUT2D eigenvalue weighted by Gasteiger charge is -2.27. The number of rotatable bonds is 3. The number of nitrogens with one attached hydrogen (secondary N) is 1. The van der Waals surface area contributed by atoms with Crippen LogP contribution in [0.4, 0.5) is 5.00 Å². The van der Waals surface area contributed by atoms with Gasteiger partial charge in [-0.2, -0.15) is 0 Å². The van der Waals surface area contributed by atoms with Crippen LogP contribution in [0, 0.1) is 6.92 Å². The Bertz CT molecular complexity index is 832. The van der Waals surface area contributed by atoms with Gasteiger partial charge in [-0.25, -0.2) is 0 Å². The van der Waals surface area contributed by atoms with Crippen LogP contribution in [-0.2, 0) is 12.8 Å². The molecule has 2 heterocycles. The predicted octanol–water partition coefficient (Wildman–Crippen LogP) is 4.42. The van der Waals surface area contributed by atoms with Crippen LogP contribution in [0.5, 0.6) is 0 Å². The second-order valence-electron chi connectivity index (χ2n) is 7.23. The summed E-state index contributed by atoms with van der Waals surface area (Å²) < 4.78 is 0. The number of carbonyl (C=O) groups excluding carboxylic acids is 2. The van der Waals surface area contributed by atoms with E-state index in [4.69, 9.17) is 0 Å². The van der Waals surface area contributed by atoms with E-state index in [1.165, 1.54) is 16.9 Å². The number of likely N-dealkylation sites (tertiary alicyclic amines) is 1. The molecule has 0 saturated carbocycles. The highest BCUT2D eigenvalue weighted by molar-refractivity contribution is 7.17. The van der Waals surface area contributed by atoms with Crippen LogP contribution in [0.1, 0.15) is 62.4 Å². The summed E-state index contributed by atoms with van der Waals surface area (Å²) in [5.41, 5.74) is 3.67. The molecule has 26 heavy (non-hydrogen) atoms. The number of hydrogen-bond donors (Lipinski definition) is 1. The van der Waals surface area contributed by atoms with Crippen molar-refractivity contribution in [3.05, 3.63) is 51.4 Å². The van der Waals surface area contributed by atoms with Crippen LogP contribution in [0.3, 0.4) is 0 Å². The highest BCUT2D eigenvalue weighted by Gasteiger charge is 2.30. The van der Waals surface area contributed by atoms with E-state index in [2.05, 4.69) is 5.32 Å². The van der Waals surface area contributed by atoms with Crippen LogP contribution < -0.4 is 5.32 Å². The molecule has 2 aromatic rings. The maximum atomic E-state index is 13.2. The summed E-state index contributed by atoms with van der Waals surface area (Å²) in [5.74, 6) is -0.0408. The highest BCUT2D eigenvalue weighted by atomic mass is 32.1. The molecule has 1 aromatic heterocycles. The van der Waals surface area contributed by atoms with Gasteiger partial charge in [0.1, 0.15) is 5.00 Å². The monoisotopic (exact) mass is 368 g/mol. The van der Waals surface area contributed by atoms with E-state index in [-0.39, 0.29) is 11.8 Å². The molecular weight excluding hydrogens is 344 g/mol. The molecule has 0 radical (unpaired) electrons. The Morgan fingerprint density at radius 3 is 2.46 bits per heavy atom. The van der Waals surface area contributed by atoms with Gasteiger partial charge in [-0.05, 0) is 63.1 Å². The van der Waals surface area contributed by atoms with Gasteiger partial charge in [-0.3, -0.25) is 9.59 Å². The second-order valence-corrected chi connectivity index (χ2v) is 8.34. The summed E-state index contributed by atoms with van der Waals surface area (Å²) in [4.78, 5) is 29.1. The number of amides is 2. The first kappa shape index (κ1) is 17.3. The minimum atomic E-state index is -0.141. The van der Waals surface area contributed by atoms with Crippen molar-refractivity contribution in [1.29, 1.82) is 0 Å². The summed E-state index contributed by atoms with van der Waals surface area (Å²) in [6, 6.07) is 7.53. The first-order chi connectivity index (χ1) is 12.6. The van der Waals surface area contributed by atoms with E-state index < -0.39 is 0 Å². The third-order valence-corrected chi connectivity index (χ3v) is 6.53. The molecule has 0 atom stereocenters. The predicted molar refractivity (Wildman–Crippen MR) is 105 cm³/mol. The molecule has 136 valence electrons. The number of hydrogen-bond acceptors (Lipinski definition) is 3. The van der Waals surface area contributed by atoms with Gasteiger partial charge in [-0.15, -0.1) is 11.3 Å². The zero-order valence-corrected chi connectivity index (χ0v) is 16.0. The maximum absolute atomic E-state index is 13.2. The van der Waals surface area contributed by atoms with Crippen LogP contribution in [0.15, 0.2) is 24.3 Å². The lowest BCUT2D eigenvalue weighted by molar-refractivity contribution is 0.0725. The molecule has 5 heteroatoms. The largest absolute Gasteiger partial charge is 0.339 e. The smallest absolute Gasteiger partial charge is 0.257 e. The van der Waals surface area contributed by atoms with Crippen molar-refractivity contribution in [1.82, 2.24) is 4.90 Å². The summed E-state index contributed by atoms with van der Waals surface area (Å²) in [6.07, 6.45) is 6.41. The Labute approximate surface area is 158 Å².